The Balaban J connectivity index is 1.96. The molecular weight excluding hydrogens is 361 g/mol. The number of rotatable bonds is 7. The molecule has 27 heavy (non-hydrogen) atoms. The molecule has 0 aromatic heterocycles. The van der Waals surface area contributed by atoms with Crippen molar-refractivity contribution in [3.8, 4) is 11.5 Å². The number of nitrogens with one attached hydrogen (secondary N) is 1. The Kier molecular flexibility index (Phi) is 6.68. The number of benzene rings is 2. The minimum absolute atomic E-state index is 0.281. The molecule has 0 aliphatic heterocycles. The molecule has 0 saturated heterocycles. The highest BCUT2D eigenvalue weighted by Crippen LogP contribution is 2.24. The second kappa shape index (κ2) is 8.77. The van der Waals surface area contributed by atoms with Crippen LogP contribution < -0.4 is 14.8 Å². The van der Waals surface area contributed by atoms with Gasteiger partial charge in [0.1, 0.15) is 11.5 Å². The number of halogens is 3. The van der Waals surface area contributed by atoms with Crippen LogP contribution in [0.4, 0.5) is 18.9 Å². The monoisotopic (exact) mass is 382 g/mol. The van der Waals surface area contributed by atoms with E-state index in [1.807, 2.05) is 29.2 Å². The Morgan fingerprint density at radius 1 is 1.15 bits per heavy atom. The molecule has 2 aromatic carbocycles. The van der Waals surface area contributed by atoms with Gasteiger partial charge in [-0.25, -0.2) is 0 Å². The number of ether oxygens (including phenoxy) is 2. The summed E-state index contributed by atoms with van der Waals surface area (Å²) in [5.41, 5.74) is 1.32. The van der Waals surface area contributed by atoms with E-state index in [1.165, 1.54) is 12.1 Å². The van der Waals surface area contributed by atoms with Gasteiger partial charge in [-0.1, -0.05) is 18.2 Å². The van der Waals surface area contributed by atoms with Gasteiger partial charge in [0.2, 0.25) is 5.91 Å². The van der Waals surface area contributed by atoms with E-state index in [0.29, 0.717) is 12.2 Å². The first-order valence-corrected chi connectivity index (χ1v) is 8.18. The van der Waals surface area contributed by atoms with Gasteiger partial charge in [0, 0.05) is 17.8 Å². The lowest BCUT2D eigenvalue weighted by atomic mass is 10.1. The summed E-state index contributed by atoms with van der Waals surface area (Å²) in [5, 5.41) is 2.68. The number of para-hydroxylation sites is 1. The quantitative estimate of drug-likeness (QED) is 0.785. The Labute approximate surface area is 155 Å². The SMILES string of the molecule is COc1ccccc1CN(C)[C@H](C)C(=O)Nc1ccc(OC(F)(F)F)cc1. The number of anilines is 1. The van der Waals surface area contributed by atoms with Gasteiger partial charge in [-0.05, 0) is 44.3 Å². The number of hydrogen-bond donors (Lipinski definition) is 1. The van der Waals surface area contributed by atoms with Crippen LogP contribution in [0.15, 0.2) is 48.5 Å². The number of carbonyl (C=O) groups excluding carboxylic acids is 1. The van der Waals surface area contributed by atoms with Gasteiger partial charge in [0.05, 0.1) is 13.2 Å². The zero-order chi connectivity index (χ0) is 20.0. The number of likely N-dealkylation sites (N-methyl/N-ethyl adjacent to an activating group) is 1. The summed E-state index contributed by atoms with van der Waals surface area (Å²) >= 11 is 0. The second-order valence-corrected chi connectivity index (χ2v) is 5.96. The molecule has 1 atom stereocenters. The average Bonchev–Trinajstić information content (AvgIpc) is 2.61. The van der Waals surface area contributed by atoms with Gasteiger partial charge in [-0.15, -0.1) is 13.2 Å². The summed E-state index contributed by atoms with van der Waals surface area (Å²) in [6.45, 7) is 2.24. The summed E-state index contributed by atoms with van der Waals surface area (Å²) in [6.07, 6.45) is -4.75. The van der Waals surface area contributed by atoms with Crippen LogP contribution in [0.2, 0.25) is 0 Å². The highest BCUT2D eigenvalue weighted by atomic mass is 19.4. The van der Waals surface area contributed by atoms with Crippen LogP contribution in [0, 0.1) is 0 Å². The molecule has 2 rings (SSSR count). The van der Waals surface area contributed by atoms with Crippen LogP contribution in [0.5, 0.6) is 11.5 Å². The van der Waals surface area contributed by atoms with E-state index >= 15 is 0 Å². The standard InChI is InChI=1S/C19H21F3N2O3/c1-13(24(2)12-14-6-4-5-7-17(14)26-3)18(25)23-15-8-10-16(11-9-15)27-19(20,21)22/h4-11,13H,12H2,1-3H3,(H,23,25)/t13-/m1/s1. The van der Waals surface area contributed by atoms with Gasteiger partial charge >= 0.3 is 6.36 Å². The maximum atomic E-state index is 12.4. The number of methoxy groups -OCH3 is 1. The molecule has 8 heteroatoms. The molecule has 5 nitrogen and oxygen atoms in total. The molecule has 0 radical (unpaired) electrons. The van der Waals surface area contributed by atoms with Crippen LogP contribution in [0.25, 0.3) is 0 Å². The van der Waals surface area contributed by atoms with Gasteiger partial charge < -0.3 is 14.8 Å². The summed E-state index contributed by atoms with van der Waals surface area (Å²) < 4.78 is 45.6. The molecule has 0 aliphatic rings. The van der Waals surface area contributed by atoms with Crippen molar-refractivity contribution in [3.63, 3.8) is 0 Å². The van der Waals surface area contributed by atoms with Crippen molar-refractivity contribution < 1.29 is 27.4 Å². The summed E-state index contributed by atoms with van der Waals surface area (Å²) in [6, 6.07) is 12.0. The lowest BCUT2D eigenvalue weighted by molar-refractivity contribution is -0.274. The van der Waals surface area contributed by atoms with Gasteiger partial charge in [-0.3, -0.25) is 9.69 Å². The zero-order valence-corrected chi connectivity index (χ0v) is 15.2. The van der Waals surface area contributed by atoms with Crippen LogP contribution in [-0.4, -0.2) is 37.4 Å². The van der Waals surface area contributed by atoms with Gasteiger partial charge in [-0.2, -0.15) is 0 Å². The van der Waals surface area contributed by atoms with Crippen molar-refractivity contribution in [1.82, 2.24) is 4.90 Å². The van der Waals surface area contributed by atoms with Crippen molar-refractivity contribution in [2.45, 2.75) is 25.9 Å². The molecule has 0 saturated carbocycles. The Hall–Kier alpha value is -2.74. The molecule has 0 bridgehead atoms. The molecule has 1 amide bonds. The number of carbonyl (C=O) groups is 1. The van der Waals surface area contributed by atoms with E-state index in [2.05, 4.69) is 10.1 Å². The van der Waals surface area contributed by atoms with Crippen molar-refractivity contribution in [2.75, 3.05) is 19.5 Å². The predicted molar refractivity (Wildman–Crippen MR) is 95.7 cm³/mol. The number of amides is 1. The minimum Gasteiger partial charge on any atom is -0.496 e. The molecule has 0 spiro atoms. The molecule has 0 unspecified atom stereocenters. The number of alkyl halides is 3. The molecule has 2 aromatic rings. The van der Waals surface area contributed by atoms with Gasteiger partial charge in [0.25, 0.3) is 0 Å². The smallest absolute Gasteiger partial charge is 0.496 e. The highest BCUT2D eigenvalue weighted by Gasteiger charge is 2.31. The second-order valence-electron chi connectivity index (χ2n) is 5.96. The van der Waals surface area contributed by atoms with E-state index in [-0.39, 0.29) is 11.7 Å². The molecule has 0 aliphatic carbocycles. The van der Waals surface area contributed by atoms with E-state index in [4.69, 9.17) is 4.74 Å². The van der Waals surface area contributed by atoms with Crippen molar-refractivity contribution in [1.29, 1.82) is 0 Å². The molecule has 0 fully saturated rings. The van der Waals surface area contributed by atoms with Crippen LogP contribution in [-0.2, 0) is 11.3 Å². The Bertz CT molecular complexity index is 764. The summed E-state index contributed by atoms with van der Waals surface area (Å²) in [4.78, 5) is 14.3. The lowest BCUT2D eigenvalue weighted by Gasteiger charge is -2.24. The molecule has 1 N–H and O–H groups in total. The fourth-order valence-electron chi connectivity index (χ4n) is 2.43. The van der Waals surface area contributed by atoms with Gasteiger partial charge in [0.15, 0.2) is 0 Å². The minimum atomic E-state index is -4.75. The first kappa shape index (κ1) is 20.6. The maximum absolute atomic E-state index is 12.4. The third-order valence-corrected chi connectivity index (χ3v) is 4.01. The molecule has 146 valence electrons. The first-order chi connectivity index (χ1) is 12.7. The summed E-state index contributed by atoms with van der Waals surface area (Å²) in [5.74, 6) is 0.107. The number of nitrogens with zero attached hydrogens (tertiary/aromatic N) is 1. The van der Waals surface area contributed by atoms with Crippen LogP contribution in [0.3, 0.4) is 0 Å². The largest absolute Gasteiger partial charge is 0.573 e. The van der Waals surface area contributed by atoms with Crippen LogP contribution >= 0.6 is 0 Å². The fourth-order valence-corrected chi connectivity index (χ4v) is 2.43. The number of hydrogen-bond acceptors (Lipinski definition) is 4. The predicted octanol–water partition coefficient (Wildman–Crippen LogP) is 4.05. The van der Waals surface area contributed by atoms with Crippen molar-refractivity contribution in [3.05, 3.63) is 54.1 Å². The van der Waals surface area contributed by atoms with E-state index in [0.717, 1.165) is 23.4 Å². The van der Waals surface area contributed by atoms with E-state index in [9.17, 15) is 18.0 Å². The highest BCUT2D eigenvalue weighted by molar-refractivity contribution is 5.94. The third kappa shape index (κ3) is 6.18. The summed E-state index contributed by atoms with van der Waals surface area (Å²) in [7, 11) is 3.39. The normalized spacial score (nSPS) is 12.6. The van der Waals surface area contributed by atoms with E-state index < -0.39 is 12.4 Å². The van der Waals surface area contributed by atoms with Crippen molar-refractivity contribution >= 4 is 11.6 Å². The van der Waals surface area contributed by atoms with Crippen LogP contribution in [0.1, 0.15) is 12.5 Å². The Morgan fingerprint density at radius 2 is 1.78 bits per heavy atom. The fraction of sp³-hybridized carbons (Fsp3) is 0.316. The maximum Gasteiger partial charge on any atom is 0.573 e. The first-order valence-electron chi connectivity index (χ1n) is 8.18. The average molecular weight is 382 g/mol. The molecule has 0 heterocycles. The van der Waals surface area contributed by atoms with E-state index in [1.54, 1.807) is 21.1 Å². The lowest BCUT2D eigenvalue weighted by Crippen LogP contribution is -2.39. The Morgan fingerprint density at radius 3 is 2.37 bits per heavy atom. The molecular formula is C19H21F3N2O3. The van der Waals surface area contributed by atoms with Crippen molar-refractivity contribution in [2.24, 2.45) is 0 Å². The zero-order valence-electron chi connectivity index (χ0n) is 15.2. The third-order valence-electron chi connectivity index (χ3n) is 4.01. The topological polar surface area (TPSA) is 50.8 Å².